The molecule has 1 aromatic carbocycles. The van der Waals surface area contributed by atoms with Crippen LogP contribution in [0.2, 0.25) is 0 Å². The van der Waals surface area contributed by atoms with Crippen molar-refractivity contribution >= 4 is 0 Å². The van der Waals surface area contributed by atoms with Gasteiger partial charge < -0.3 is 4.74 Å². The van der Waals surface area contributed by atoms with Crippen LogP contribution in [0.4, 0.5) is 0 Å². The third-order valence-electron chi connectivity index (χ3n) is 3.97. The van der Waals surface area contributed by atoms with Gasteiger partial charge in [0, 0.05) is 31.1 Å². The number of methoxy groups -OCH3 is 1. The summed E-state index contributed by atoms with van der Waals surface area (Å²) in [7, 11) is 1.59. The molecule has 3 aromatic rings. The topological polar surface area (TPSA) is 61.9 Å². The van der Waals surface area contributed by atoms with Gasteiger partial charge in [0.25, 0.3) is 5.56 Å². The quantitative estimate of drug-likeness (QED) is 0.678. The van der Waals surface area contributed by atoms with Gasteiger partial charge in [0.05, 0.1) is 25.0 Å². The zero-order valence-electron chi connectivity index (χ0n) is 15.1. The highest BCUT2D eigenvalue weighted by molar-refractivity contribution is 5.46. The predicted octanol–water partition coefficient (Wildman–Crippen LogP) is 2.09. The van der Waals surface area contributed by atoms with Gasteiger partial charge in [-0.3, -0.25) is 9.36 Å². The zero-order chi connectivity index (χ0) is 18.5. The molecule has 0 radical (unpaired) electrons. The molecular formula is C20H20N4O2. The van der Waals surface area contributed by atoms with Gasteiger partial charge in [-0.2, -0.15) is 5.10 Å². The number of imidazole rings is 1. The Morgan fingerprint density at radius 2 is 2.04 bits per heavy atom. The fourth-order valence-corrected chi connectivity index (χ4v) is 2.58. The van der Waals surface area contributed by atoms with E-state index in [1.165, 1.54) is 16.3 Å². The summed E-state index contributed by atoms with van der Waals surface area (Å²) in [6.45, 7) is 4.94. The molecule has 0 fully saturated rings. The van der Waals surface area contributed by atoms with Crippen molar-refractivity contribution in [2.45, 2.75) is 20.4 Å². The van der Waals surface area contributed by atoms with Crippen molar-refractivity contribution in [3.8, 4) is 17.5 Å². The lowest BCUT2D eigenvalue weighted by Gasteiger charge is -2.06. The van der Waals surface area contributed by atoms with Gasteiger partial charge in [-0.15, -0.1) is 0 Å². The van der Waals surface area contributed by atoms with Crippen LogP contribution in [0.15, 0.2) is 47.7 Å². The Morgan fingerprint density at radius 3 is 2.77 bits per heavy atom. The van der Waals surface area contributed by atoms with Gasteiger partial charge >= 0.3 is 0 Å². The van der Waals surface area contributed by atoms with E-state index in [1.807, 2.05) is 19.1 Å². The largest absolute Gasteiger partial charge is 0.383 e. The third-order valence-corrected chi connectivity index (χ3v) is 3.97. The first-order valence-corrected chi connectivity index (χ1v) is 8.27. The van der Waals surface area contributed by atoms with E-state index < -0.39 is 0 Å². The molecule has 0 saturated heterocycles. The van der Waals surface area contributed by atoms with Crippen LogP contribution < -0.4 is 5.56 Å². The van der Waals surface area contributed by atoms with E-state index >= 15 is 0 Å². The van der Waals surface area contributed by atoms with Crippen LogP contribution in [0.3, 0.4) is 0 Å². The summed E-state index contributed by atoms with van der Waals surface area (Å²) in [4.78, 5) is 16.5. The molecule has 2 aromatic heterocycles. The van der Waals surface area contributed by atoms with Crippen molar-refractivity contribution in [3.63, 3.8) is 0 Å². The maximum atomic E-state index is 12.2. The summed E-state index contributed by atoms with van der Waals surface area (Å²) in [5.74, 6) is 6.79. The predicted molar refractivity (Wildman–Crippen MR) is 99.4 cm³/mol. The lowest BCUT2D eigenvalue weighted by Crippen LogP contribution is -2.24. The van der Waals surface area contributed by atoms with E-state index in [4.69, 9.17) is 4.74 Å². The number of ether oxygens (including phenoxy) is 1. The SMILES string of the molecule is COCCn1ncc(-n2ccnc2C#Cc2ccc(C)cc2C)cc1=O. The zero-order valence-corrected chi connectivity index (χ0v) is 15.1. The third kappa shape index (κ3) is 3.90. The summed E-state index contributed by atoms with van der Waals surface area (Å²) in [5.41, 5.74) is 3.72. The van der Waals surface area contributed by atoms with Crippen LogP contribution in [0.25, 0.3) is 5.69 Å². The molecule has 26 heavy (non-hydrogen) atoms. The van der Waals surface area contributed by atoms with Crippen molar-refractivity contribution in [1.82, 2.24) is 19.3 Å². The van der Waals surface area contributed by atoms with Gasteiger partial charge in [0.15, 0.2) is 5.82 Å². The van der Waals surface area contributed by atoms with Gasteiger partial charge in [0.2, 0.25) is 0 Å². The monoisotopic (exact) mass is 348 g/mol. The first kappa shape index (κ1) is 17.6. The van der Waals surface area contributed by atoms with Crippen molar-refractivity contribution in [3.05, 3.63) is 75.7 Å². The van der Waals surface area contributed by atoms with E-state index in [-0.39, 0.29) is 5.56 Å². The molecule has 0 aliphatic rings. The molecule has 0 aliphatic heterocycles. The van der Waals surface area contributed by atoms with Gasteiger partial charge in [-0.25, -0.2) is 9.67 Å². The van der Waals surface area contributed by atoms with Crippen LogP contribution in [0, 0.1) is 25.7 Å². The molecule has 0 saturated carbocycles. The molecule has 0 N–H and O–H groups in total. The molecule has 0 amide bonds. The average molecular weight is 348 g/mol. The maximum Gasteiger partial charge on any atom is 0.268 e. The first-order chi connectivity index (χ1) is 12.6. The molecule has 2 heterocycles. The number of hydrogen-bond donors (Lipinski definition) is 0. The number of hydrogen-bond acceptors (Lipinski definition) is 4. The maximum absolute atomic E-state index is 12.2. The van der Waals surface area contributed by atoms with Crippen LogP contribution >= 0.6 is 0 Å². The Hall–Kier alpha value is -3.17. The minimum absolute atomic E-state index is 0.193. The molecular weight excluding hydrogens is 328 g/mol. The number of rotatable bonds is 4. The second-order valence-corrected chi connectivity index (χ2v) is 5.96. The number of nitrogens with zero attached hydrogens (tertiary/aromatic N) is 4. The highest BCUT2D eigenvalue weighted by Gasteiger charge is 2.06. The Labute approximate surface area is 152 Å². The summed E-state index contributed by atoms with van der Waals surface area (Å²) < 4.78 is 8.10. The molecule has 0 bridgehead atoms. The summed E-state index contributed by atoms with van der Waals surface area (Å²) >= 11 is 0. The molecule has 0 aliphatic carbocycles. The van der Waals surface area contributed by atoms with E-state index in [2.05, 4.69) is 34.9 Å². The van der Waals surface area contributed by atoms with E-state index in [0.29, 0.717) is 24.7 Å². The van der Waals surface area contributed by atoms with Crippen molar-refractivity contribution < 1.29 is 4.74 Å². The lowest BCUT2D eigenvalue weighted by molar-refractivity contribution is 0.182. The number of benzene rings is 1. The Bertz CT molecular complexity index is 1040. The molecule has 0 spiro atoms. The van der Waals surface area contributed by atoms with Gasteiger partial charge in [-0.05, 0) is 31.4 Å². The van der Waals surface area contributed by atoms with Crippen LogP contribution in [0.1, 0.15) is 22.5 Å². The van der Waals surface area contributed by atoms with E-state index in [1.54, 1.807) is 30.3 Å². The summed E-state index contributed by atoms with van der Waals surface area (Å²) in [6.07, 6.45) is 5.05. The Kier molecular flexibility index (Phi) is 5.30. The van der Waals surface area contributed by atoms with Crippen molar-refractivity contribution in [1.29, 1.82) is 0 Å². The number of aromatic nitrogens is 4. The van der Waals surface area contributed by atoms with Crippen LogP contribution in [-0.2, 0) is 11.3 Å². The van der Waals surface area contributed by atoms with Crippen LogP contribution in [-0.4, -0.2) is 33.0 Å². The normalized spacial score (nSPS) is 10.4. The lowest BCUT2D eigenvalue weighted by atomic mass is 10.1. The molecule has 6 heteroatoms. The highest BCUT2D eigenvalue weighted by Crippen LogP contribution is 2.10. The molecule has 3 rings (SSSR count). The molecule has 0 unspecified atom stereocenters. The standard InChI is InChI=1S/C20H20N4O2/c1-15-4-5-17(16(2)12-15)6-7-19-21-8-9-23(19)18-13-20(25)24(22-14-18)10-11-26-3/h4-5,8-9,12-14H,10-11H2,1-3H3. The van der Waals surface area contributed by atoms with Gasteiger partial charge in [-0.1, -0.05) is 23.6 Å². The molecule has 6 nitrogen and oxygen atoms in total. The average Bonchev–Trinajstić information content (AvgIpc) is 3.08. The first-order valence-electron chi connectivity index (χ1n) is 8.27. The second kappa shape index (κ2) is 7.81. The molecule has 132 valence electrons. The summed E-state index contributed by atoms with van der Waals surface area (Å²) in [6, 6.07) is 7.66. The number of aryl methyl sites for hydroxylation is 2. The Morgan fingerprint density at radius 1 is 1.19 bits per heavy atom. The smallest absolute Gasteiger partial charge is 0.268 e. The van der Waals surface area contributed by atoms with Gasteiger partial charge in [0.1, 0.15) is 0 Å². The minimum Gasteiger partial charge on any atom is -0.383 e. The van der Waals surface area contributed by atoms with E-state index in [0.717, 1.165) is 11.1 Å². The molecule has 0 atom stereocenters. The summed E-state index contributed by atoms with van der Waals surface area (Å²) in [5, 5.41) is 4.18. The van der Waals surface area contributed by atoms with E-state index in [9.17, 15) is 4.79 Å². The minimum atomic E-state index is -0.193. The fourth-order valence-electron chi connectivity index (χ4n) is 2.58. The van der Waals surface area contributed by atoms with Crippen molar-refractivity contribution in [2.75, 3.05) is 13.7 Å². The fraction of sp³-hybridized carbons (Fsp3) is 0.250. The van der Waals surface area contributed by atoms with Crippen molar-refractivity contribution in [2.24, 2.45) is 0 Å². The second-order valence-electron chi connectivity index (χ2n) is 5.96. The van der Waals surface area contributed by atoms with Crippen LogP contribution in [0.5, 0.6) is 0 Å². The Balaban J connectivity index is 1.91. The highest BCUT2D eigenvalue weighted by atomic mass is 16.5.